The second-order valence-corrected chi connectivity index (χ2v) is 9.84. The molecule has 0 aliphatic heterocycles. The Labute approximate surface area is 222 Å². The van der Waals surface area contributed by atoms with Gasteiger partial charge in [-0.2, -0.15) is 0 Å². The molecule has 0 amide bonds. The molecule has 6 aromatic rings. The van der Waals surface area contributed by atoms with E-state index in [4.69, 9.17) is 14.4 Å². The topological polar surface area (TPSA) is 38.9 Å². The molecule has 0 atom stereocenters. The molecule has 4 aromatic carbocycles. The molecule has 7 rings (SSSR count). The molecular weight excluding hydrogens is 463 g/mol. The average molecular weight is 488 g/mol. The van der Waals surface area contributed by atoms with E-state index >= 15 is 0 Å². The Kier molecular flexibility index (Phi) is 5.51. The van der Waals surface area contributed by atoms with E-state index < -0.39 is 0 Å². The molecule has 0 N–H and O–H groups in total. The zero-order valence-electron chi connectivity index (χ0n) is 21.2. The smallest absolute Gasteiger partial charge is 0.160 e. The maximum absolute atomic E-state index is 6.32. The standard InChI is InChI=1S/C34H25BN2O/c35-26-19-17-24(18-20-26)31-21-30(36-34(37-31)25-7-2-1-3-8-25)23-15-13-22(14-16-23)27-10-6-11-29-28-9-4-5-12-32(28)38-33(27)29/h1-3,5-8,10-21H,4,9,35H2. The molecular formula is C34H25BN2O. The summed E-state index contributed by atoms with van der Waals surface area (Å²) in [4.78, 5) is 9.91. The first-order valence-corrected chi connectivity index (χ1v) is 13.1. The molecule has 1 aliphatic carbocycles. The van der Waals surface area contributed by atoms with Crippen molar-refractivity contribution in [3.8, 4) is 45.0 Å². The van der Waals surface area contributed by atoms with Crippen LogP contribution in [-0.4, -0.2) is 17.8 Å². The van der Waals surface area contributed by atoms with Gasteiger partial charge in [-0.25, -0.2) is 9.97 Å². The molecule has 180 valence electrons. The lowest BCUT2D eigenvalue weighted by Gasteiger charge is -2.10. The van der Waals surface area contributed by atoms with Crippen molar-refractivity contribution in [3.63, 3.8) is 0 Å². The zero-order chi connectivity index (χ0) is 25.5. The Morgan fingerprint density at radius 3 is 2.08 bits per heavy atom. The fraction of sp³-hybridized carbons (Fsp3) is 0.0588. The molecule has 0 bridgehead atoms. The molecule has 0 saturated carbocycles. The lowest BCUT2D eigenvalue weighted by atomic mass is 9.94. The predicted octanol–water partition coefficient (Wildman–Crippen LogP) is 7.11. The van der Waals surface area contributed by atoms with Crippen molar-refractivity contribution in [2.45, 2.75) is 12.8 Å². The summed E-state index contributed by atoms with van der Waals surface area (Å²) in [5.74, 6) is 1.72. The van der Waals surface area contributed by atoms with Crippen LogP contribution in [0.25, 0.3) is 62.1 Å². The van der Waals surface area contributed by atoms with Gasteiger partial charge in [0.2, 0.25) is 0 Å². The van der Waals surface area contributed by atoms with Crippen LogP contribution in [0.3, 0.4) is 0 Å². The van der Waals surface area contributed by atoms with Gasteiger partial charge in [0.15, 0.2) is 5.82 Å². The lowest BCUT2D eigenvalue weighted by molar-refractivity contribution is 0.596. The van der Waals surface area contributed by atoms with E-state index in [1.54, 1.807) is 0 Å². The molecule has 0 fully saturated rings. The first-order valence-electron chi connectivity index (χ1n) is 13.1. The first kappa shape index (κ1) is 22.5. The number of aryl methyl sites for hydroxylation is 1. The van der Waals surface area contributed by atoms with Gasteiger partial charge in [-0.1, -0.05) is 109 Å². The van der Waals surface area contributed by atoms with Crippen molar-refractivity contribution >= 4 is 30.4 Å². The number of nitrogens with zero attached hydrogens (tertiary/aromatic N) is 2. The van der Waals surface area contributed by atoms with Crippen molar-refractivity contribution in [3.05, 3.63) is 121 Å². The van der Waals surface area contributed by atoms with Crippen molar-refractivity contribution < 1.29 is 4.42 Å². The van der Waals surface area contributed by atoms with Gasteiger partial charge < -0.3 is 4.42 Å². The second-order valence-electron chi connectivity index (χ2n) is 9.84. The van der Waals surface area contributed by atoms with Crippen LogP contribution >= 0.6 is 0 Å². The lowest BCUT2D eigenvalue weighted by Crippen LogP contribution is -2.00. The minimum Gasteiger partial charge on any atom is -0.456 e. The average Bonchev–Trinajstić information content (AvgIpc) is 3.37. The van der Waals surface area contributed by atoms with Crippen LogP contribution in [0.15, 0.2) is 114 Å². The molecule has 38 heavy (non-hydrogen) atoms. The van der Waals surface area contributed by atoms with Crippen molar-refractivity contribution in [2.24, 2.45) is 0 Å². The van der Waals surface area contributed by atoms with Crippen LogP contribution in [0, 0.1) is 0 Å². The van der Waals surface area contributed by atoms with E-state index in [9.17, 15) is 0 Å². The Morgan fingerprint density at radius 2 is 1.34 bits per heavy atom. The highest BCUT2D eigenvalue weighted by Gasteiger charge is 2.18. The summed E-state index contributed by atoms with van der Waals surface area (Å²) in [5.41, 5.74) is 10.7. The highest BCUT2D eigenvalue weighted by Crippen LogP contribution is 2.37. The Morgan fingerprint density at radius 1 is 0.658 bits per heavy atom. The van der Waals surface area contributed by atoms with Crippen LogP contribution in [-0.2, 0) is 6.42 Å². The Hall–Kier alpha value is -4.70. The van der Waals surface area contributed by atoms with E-state index in [-0.39, 0.29) is 0 Å². The summed E-state index contributed by atoms with van der Waals surface area (Å²) in [5, 5.41) is 1.22. The van der Waals surface area contributed by atoms with E-state index in [2.05, 4.69) is 105 Å². The van der Waals surface area contributed by atoms with E-state index in [0.29, 0.717) is 0 Å². The predicted molar refractivity (Wildman–Crippen MR) is 159 cm³/mol. The maximum Gasteiger partial charge on any atom is 0.160 e. The summed E-state index contributed by atoms with van der Waals surface area (Å²) >= 11 is 0. The fourth-order valence-corrected chi connectivity index (χ4v) is 5.23. The molecule has 0 spiro atoms. The third-order valence-corrected chi connectivity index (χ3v) is 7.28. The molecule has 0 radical (unpaired) electrons. The molecule has 4 heteroatoms. The summed E-state index contributed by atoms with van der Waals surface area (Å²) < 4.78 is 6.32. The molecule has 3 nitrogen and oxygen atoms in total. The molecule has 2 heterocycles. The third kappa shape index (κ3) is 4.05. The normalized spacial score (nSPS) is 12.5. The number of allylic oxidation sites excluding steroid dienone is 1. The number of para-hydroxylation sites is 1. The van der Waals surface area contributed by atoms with Gasteiger partial charge in [0.25, 0.3) is 0 Å². The number of aromatic nitrogens is 2. The number of benzene rings is 4. The minimum absolute atomic E-state index is 0.724. The SMILES string of the molecule is Bc1ccc(-c2cc(-c3ccc(-c4cccc5c6c(oc45)C=CCC6)cc3)nc(-c3ccccc3)n2)cc1. The number of hydrogen-bond donors (Lipinski definition) is 0. The number of rotatable bonds is 4. The maximum atomic E-state index is 6.32. The van der Waals surface area contributed by atoms with Crippen LogP contribution in [0.2, 0.25) is 0 Å². The largest absolute Gasteiger partial charge is 0.456 e. The zero-order valence-corrected chi connectivity index (χ0v) is 21.2. The Balaban J connectivity index is 1.31. The highest BCUT2D eigenvalue weighted by molar-refractivity contribution is 6.32. The van der Waals surface area contributed by atoms with Gasteiger partial charge in [-0.15, -0.1) is 0 Å². The van der Waals surface area contributed by atoms with Crippen LogP contribution < -0.4 is 5.46 Å². The summed E-state index contributed by atoms with van der Waals surface area (Å²) in [6.07, 6.45) is 6.39. The van der Waals surface area contributed by atoms with E-state index in [1.807, 2.05) is 18.2 Å². The highest BCUT2D eigenvalue weighted by atomic mass is 16.3. The van der Waals surface area contributed by atoms with Gasteiger partial charge in [-0.3, -0.25) is 0 Å². The summed E-state index contributed by atoms with van der Waals surface area (Å²) in [6.45, 7) is 0. The molecule has 0 saturated heterocycles. The van der Waals surface area contributed by atoms with Crippen molar-refractivity contribution in [2.75, 3.05) is 0 Å². The molecule has 0 unspecified atom stereocenters. The van der Waals surface area contributed by atoms with Gasteiger partial charge in [-0.05, 0) is 30.5 Å². The minimum atomic E-state index is 0.724. The third-order valence-electron chi connectivity index (χ3n) is 7.28. The number of hydrogen-bond acceptors (Lipinski definition) is 3. The van der Waals surface area contributed by atoms with Gasteiger partial charge in [0, 0.05) is 33.2 Å². The Bertz CT molecular complexity index is 1800. The van der Waals surface area contributed by atoms with Gasteiger partial charge >= 0.3 is 0 Å². The monoisotopic (exact) mass is 488 g/mol. The summed E-state index contributed by atoms with van der Waals surface area (Å²) in [6, 6.07) is 35.8. The molecule has 2 aromatic heterocycles. The van der Waals surface area contributed by atoms with Crippen molar-refractivity contribution in [1.29, 1.82) is 0 Å². The number of fused-ring (bicyclic) bond motifs is 3. The van der Waals surface area contributed by atoms with Crippen molar-refractivity contribution in [1.82, 2.24) is 9.97 Å². The van der Waals surface area contributed by atoms with E-state index in [0.717, 1.165) is 69.2 Å². The summed E-state index contributed by atoms with van der Waals surface area (Å²) in [7, 11) is 2.10. The van der Waals surface area contributed by atoms with E-state index in [1.165, 1.54) is 16.4 Å². The van der Waals surface area contributed by atoms with Crippen LogP contribution in [0.5, 0.6) is 0 Å². The second kappa shape index (κ2) is 9.31. The first-order chi connectivity index (χ1) is 18.7. The quantitative estimate of drug-likeness (QED) is 0.248. The van der Waals surface area contributed by atoms with Crippen LogP contribution in [0.1, 0.15) is 17.7 Å². The van der Waals surface area contributed by atoms with Crippen LogP contribution in [0.4, 0.5) is 0 Å². The number of furan rings is 1. The van der Waals surface area contributed by atoms with Gasteiger partial charge in [0.05, 0.1) is 11.4 Å². The fourth-order valence-electron chi connectivity index (χ4n) is 5.23. The van der Waals surface area contributed by atoms with Gasteiger partial charge in [0.1, 0.15) is 19.2 Å². The molecule has 1 aliphatic rings.